The maximum Gasteiger partial charge on any atom is 0.319 e. The van der Waals surface area contributed by atoms with E-state index >= 15 is 0 Å². The number of hydrogen-bond donors (Lipinski definition) is 2. The van der Waals surface area contributed by atoms with Crippen LogP contribution in [0.25, 0.3) is 0 Å². The van der Waals surface area contributed by atoms with Gasteiger partial charge < -0.3 is 20.4 Å². The van der Waals surface area contributed by atoms with Gasteiger partial charge in [0, 0.05) is 31.6 Å². The second kappa shape index (κ2) is 12.9. The number of piperidine rings is 1. The number of urea groups is 1. The van der Waals surface area contributed by atoms with E-state index in [1.807, 2.05) is 55.1 Å². The highest BCUT2D eigenvalue weighted by atomic mass is 32.2. The minimum Gasteiger partial charge on any atom is -0.338 e. The Morgan fingerprint density at radius 3 is 2.14 bits per heavy atom. The van der Waals surface area contributed by atoms with Gasteiger partial charge in [-0.1, -0.05) is 60.7 Å². The van der Waals surface area contributed by atoms with E-state index in [1.54, 1.807) is 24.3 Å². The zero-order valence-electron chi connectivity index (χ0n) is 25.3. The molecule has 1 atom stereocenters. The SMILES string of the molecule is Cc1cccc(C)c1NC(=O)NC(CCN1CCC2(CC1)CCN(Cc1ccc(S(C)(=O)=O)cc1)C2=O)c1ccccc1. The van der Waals surface area contributed by atoms with Gasteiger partial charge in [0.05, 0.1) is 16.4 Å². The number of anilines is 1. The minimum absolute atomic E-state index is 0.140. The number of nitrogens with one attached hydrogen (secondary N) is 2. The van der Waals surface area contributed by atoms with E-state index in [1.165, 1.54) is 6.26 Å². The Hall–Kier alpha value is -3.69. The van der Waals surface area contributed by atoms with Gasteiger partial charge in [-0.25, -0.2) is 13.2 Å². The zero-order valence-corrected chi connectivity index (χ0v) is 26.1. The molecule has 2 aliphatic heterocycles. The standard InChI is InChI=1S/C34H42N4O4S/c1-25-8-7-9-26(2)31(25)36-33(40)35-30(28-10-5-4-6-11-28)16-20-37-21-17-34(18-22-37)19-23-38(32(34)39)24-27-12-14-29(15-13-27)43(3,41)42/h4-15,30H,16-24H2,1-3H3,(H2,35,36,40). The molecule has 1 spiro atoms. The maximum atomic E-state index is 13.5. The van der Waals surface area contributed by atoms with Crippen LogP contribution in [0, 0.1) is 19.3 Å². The summed E-state index contributed by atoms with van der Waals surface area (Å²) >= 11 is 0. The molecule has 0 aromatic heterocycles. The molecular weight excluding hydrogens is 560 g/mol. The van der Waals surface area contributed by atoms with Crippen molar-refractivity contribution in [2.24, 2.45) is 5.41 Å². The summed E-state index contributed by atoms with van der Waals surface area (Å²) in [4.78, 5) is 31.2. The smallest absolute Gasteiger partial charge is 0.319 e. The van der Waals surface area contributed by atoms with Gasteiger partial charge in [0.2, 0.25) is 5.91 Å². The molecular formula is C34H42N4O4S. The van der Waals surface area contributed by atoms with E-state index in [0.717, 1.165) is 79.8 Å². The van der Waals surface area contributed by atoms with Crippen LogP contribution < -0.4 is 10.6 Å². The third-order valence-electron chi connectivity index (χ3n) is 9.10. The fourth-order valence-corrected chi connectivity index (χ4v) is 7.04. The van der Waals surface area contributed by atoms with Gasteiger partial charge in [-0.05, 0) is 87.0 Å². The lowest BCUT2D eigenvalue weighted by atomic mass is 9.77. The van der Waals surface area contributed by atoms with E-state index in [4.69, 9.17) is 0 Å². The second-order valence-electron chi connectivity index (χ2n) is 12.1. The fraction of sp³-hybridized carbons (Fsp3) is 0.412. The summed E-state index contributed by atoms with van der Waals surface area (Å²) < 4.78 is 23.5. The lowest BCUT2D eigenvalue weighted by molar-refractivity contribution is -0.138. The number of hydrogen-bond acceptors (Lipinski definition) is 5. The fourth-order valence-electron chi connectivity index (χ4n) is 6.41. The van der Waals surface area contributed by atoms with E-state index in [-0.39, 0.29) is 23.4 Å². The van der Waals surface area contributed by atoms with Crippen molar-refractivity contribution in [3.63, 3.8) is 0 Å². The van der Waals surface area contributed by atoms with Gasteiger partial charge in [-0.3, -0.25) is 4.79 Å². The zero-order chi connectivity index (χ0) is 30.6. The minimum atomic E-state index is -3.24. The molecule has 43 heavy (non-hydrogen) atoms. The number of carbonyl (C=O) groups excluding carboxylic acids is 2. The lowest BCUT2D eigenvalue weighted by Gasteiger charge is -2.38. The van der Waals surface area contributed by atoms with Crippen molar-refractivity contribution in [2.75, 3.05) is 37.8 Å². The molecule has 0 radical (unpaired) electrons. The first-order valence-electron chi connectivity index (χ1n) is 15.0. The number of nitrogens with zero attached hydrogens (tertiary/aromatic N) is 2. The van der Waals surface area contributed by atoms with E-state index < -0.39 is 9.84 Å². The van der Waals surface area contributed by atoms with Gasteiger partial charge in [0.15, 0.2) is 9.84 Å². The van der Waals surface area contributed by atoms with Crippen molar-refractivity contribution in [2.45, 2.75) is 57.0 Å². The van der Waals surface area contributed by atoms with Crippen LogP contribution in [0.4, 0.5) is 10.5 Å². The average molecular weight is 603 g/mol. The van der Waals surface area contributed by atoms with Crippen LogP contribution >= 0.6 is 0 Å². The Bertz CT molecular complexity index is 1530. The number of likely N-dealkylation sites (tertiary alicyclic amines) is 2. The van der Waals surface area contributed by atoms with Crippen molar-refractivity contribution in [3.05, 3.63) is 95.1 Å². The number of carbonyl (C=O) groups is 2. The van der Waals surface area contributed by atoms with E-state index in [2.05, 4.69) is 27.7 Å². The maximum absolute atomic E-state index is 13.5. The van der Waals surface area contributed by atoms with E-state index in [9.17, 15) is 18.0 Å². The van der Waals surface area contributed by atoms with Gasteiger partial charge >= 0.3 is 6.03 Å². The predicted octanol–water partition coefficient (Wildman–Crippen LogP) is 5.47. The molecule has 8 nitrogen and oxygen atoms in total. The van der Waals surface area contributed by atoms with Gasteiger partial charge in [0.25, 0.3) is 0 Å². The van der Waals surface area contributed by atoms with Gasteiger partial charge in [-0.15, -0.1) is 0 Å². The van der Waals surface area contributed by atoms with Gasteiger partial charge in [-0.2, -0.15) is 0 Å². The molecule has 0 saturated carbocycles. The summed E-state index contributed by atoms with van der Waals surface area (Å²) in [5.74, 6) is 0.214. The molecule has 2 N–H and O–H groups in total. The normalized spacial score (nSPS) is 17.7. The summed E-state index contributed by atoms with van der Waals surface area (Å²) in [7, 11) is -3.24. The Labute approximate surface area is 255 Å². The topological polar surface area (TPSA) is 98.8 Å². The quantitative estimate of drug-likeness (QED) is 0.338. The molecule has 1 unspecified atom stereocenters. The number of rotatable bonds is 9. The van der Waals surface area contributed by atoms with Crippen molar-refractivity contribution in [1.29, 1.82) is 0 Å². The average Bonchev–Trinajstić information content (AvgIpc) is 3.28. The molecule has 0 bridgehead atoms. The number of benzene rings is 3. The van der Waals surface area contributed by atoms with Crippen LogP contribution in [0.1, 0.15) is 54.0 Å². The molecule has 3 amide bonds. The van der Waals surface area contributed by atoms with E-state index in [0.29, 0.717) is 11.4 Å². The highest BCUT2D eigenvalue weighted by molar-refractivity contribution is 7.90. The van der Waals surface area contributed by atoms with Crippen LogP contribution in [0.5, 0.6) is 0 Å². The first-order chi connectivity index (χ1) is 20.5. The second-order valence-corrected chi connectivity index (χ2v) is 14.1. The monoisotopic (exact) mass is 602 g/mol. The molecule has 5 rings (SSSR count). The summed E-state index contributed by atoms with van der Waals surface area (Å²) in [5.41, 5.74) is 4.59. The summed E-state index contributed by atoms with van der Waals surface area (Å²) in [5, 5.41) is 6.25. The van der Waals surface area contributed by atoms with Gasteiger partial charge in [0.1, 0.15) is 0 Å². The third-order valence-corrected chi connectivity index (χ3v) is 10.2. The largest absolute Gasteiger partial charge is 0.338 e. The molecule has 2 saturated heterocycles. The molecule has 2 fully saturated rings. The van der Waals surface area contributed by atoms with Crippen LogP contribution in [0.2, 0.25) is 0 Å². The molecule has 2 aliphatic rings. The number of amides is 3. The Balaban J connectivity index is 1.16. The summed E-state index contributed by atoms with van der Waals surface area (Å²) in [6.07, 6.45) is 4.47. The molecule has 9 heteroatoms. The van der Waals surface area contributed by atoms with Crippen LogP contribution in [-0.4, -0.2) is 62.6 Å². The van der Waals surface area contributed by atoms with Crippen molar-refractivity contribution in [3.8, 4) is 0 Å². The molecule has 3 aromatic rings. The number of aryl methyl sites for hydroxylation is 2. The molecule has 3 aromatic carbocycles. The molecule has 228 valence electrons. The number of para-hydroxylation sites is 1. The first kappa shape index (κ1) is 30.8. The van der Waals surface area contributed by atoms with Crippen LogP contribution in [-0.2, 0) is 21.2 Å². The van der Waals surface area contributed by atoms with Crippen molar-refractivity contribution >= 4 is 27.5 Å². The Morgan fingerprint density at radius 1 is 0.884 bits per heavy atom. The van der Waals surface area contributed by atoms with Crippen LogP contribution in [0.15, 0.2) is 77.7 Å². The molecule has 2 heterocycles. The predicted molar refractivity (Wildman–Crippen MR) is 170 cm³/mol. The Kier molecular flexibility index (Phi) is 9.22. The Morgan fingerprint density at radius 2 is 1.51 bits per heavy atom. The van der Waals surface area contributed by atoms with Crippen molar-refractivity contribution in [1.82, 2.24) is 15.1 Å². The highest BCUT2D eigenvalue weighted by Crippen LogP contribution is 2.42. The summed E-state index contributed by atoms with van der Waals surface area (Å²) in [6.45, 7) is 7.73. The first-order valence-corrected chi connectivity index (χ1v) is 16.9. The van der Waals surface area contributed by atoms with Crippen LogP contribution in [0.3, 0.4) is 0 Å². The number of sulfone groups is 1. The third kappa shape index (κ3) is 7.28. The van der Waals surface area contributed by atoms with Crippen molar-refractivity contribution < 1.29 is 18.0 Å². The summed E-state index contributed by atoms with van der Waals surface area (Å²) in [6, 6.07) is 22.5. The lowest BCUT2D eigenvalue weighted by Crippen LogP contribution is -2.45. The highest BCUT2D eigenvalue weighted by Gasteiger charge is 2.47. The molecule has 0 aliphatic carbocycles.